The van der Waals surface area contributed by atoms with E-state index in [9.17, 15) is 27.9 Å². The minimum Gasteiger partial charge on any atom is -0.390 e. The number of aliphatic hydroxyl groups is 1. The van der Waals surface area contributed by atoms with Gasteiger partial charge in [-0.05, 0) is 84.6 Å². The lowest BCUT2D eigenvalue weighted by Crippen LogP contribution is -2.64. The fourth-order valence-corrected chi connectivity index (χ4v) is 7.63. The normalized spacial score (nSPS) is 22.3. The molecule has 0 unspecified atom stereocenters. The standard InChI is InChI=1S/C36H55N5O7S/c1-23-19-28(40-48-23)32(43)38-31(36(5,6)49(7,46)47)34(45)37-27(18-17-24-13-9-8-10-14-24)30(42)22-41-21-26-16-12-11-15-25(26)20-29(41)33(44)39-35(2,3)4/h8-10,13-14,19,25-27,29-31,42H,11-12,15-18,20-22H2,1-7H3,(H,37,45)(H,38,43)(H,39,44)/t25-,26+,27-,29-,30+,31+/m0/s1. The molecule has 272 valence electrons. The van der Waals surface area contributed by atoms with E-state index in [0.29, 0.717) is 43.4 Å². The van der Waals surface area contributed by atoms with Crippen LogP contribution in [-0.2, 0) is 25.8 Å². The van der Waals surface area contributed by atoms with Crippen molar-refractivity contribution >= 4 is 27.6 Å². The van der Waals surface area contributed by atoms with Gasteiger partial charge in [-0.15, -0.1) is 0 Å². The third-order valence-electron chi connectivity index (χ3n) is 10.2. The van der Waals surface area contributed by atoms with Gasteiger partial charge in [0.25, 0.3) is 5.91 Å². The predicted octanol–water partition coefficient (Wildman–Crippen LogP) is 3.18. The highest BCUT2D eigenvalue weighted by molar-refractivity contribution is 7.92. The molecule has 13 heteroatoms. The van der Waals surface area contributed by atoms with Crippen LogP contribution in [0.25, 0.3) is 0 Å². The third-order valence-corrected chi connectivity index (χ3v) is 12.3. The molecule has 1 aromatic carbocycles. The molecule has 2 aliphatic rings. The van der Waals surface area contributed by atoms with Crippen molar-refractivity contribution in [2.75, 3.05) is 19.3 Å². The molecule has 1 saturated carbocycles. The van der Waals surface area contributed by atoms with Crippen molar-refractivity contribution in [1.29, 1.82) is 0 Å². The van der Waals surface area contributed by atoms with Crippen LogP contribution in [0.2, 0.25) is 0 Å². The van der Waals surface area contributed by atoms with Gasteiger partial charge in [-0.25, -0.2) is 8.42 Å². The lowest BCUT2D eigenvalue weighted by Gasteiger charge is -2.47. The van der Waals surface area contributed by atoms with Crippen molar-refractivity contribution in [3.05, 3.63) is 53.4 Å². The zero-order chi connectivity index (χ0) is 36.1. The molecule has 2 fully saturated rings. The SMILES string of the molecule is Cc1cc(C(=O)N[C@H](C(=O)N[C@@H](CCc2ccccc2)[C@H](O)CN2C[C@H]3CCCC[C@H]3C[C@H]2C(=O)NC(C)(C)C)C(C)(C)S(C)(=O)=O)no1. The predicted molar refractivity (Wildman–Crippen MR) is 187 cm³/mol. The summed E-state index contributed by atoms with van der Waals surface area (Å²) in [5.74, 6) is -0.346. The summed E-state index contributed by atoms with van der Waals surface area (Å²) in [5.41, 5.74) is 0.487. The van der Waals surface area contributed by atoms with E-state index in [-0.39, 0.29) is 18.1 Å². The van der Waals surface area contributed by atoms with E-state index in [1.54, 1.807) is 6.92 Å². The Bertz CT molecular complexity index is 1550. The van der Waals surface area contributed by atoms with Crippen LogP contribution in [0.4, 0.5) is 0 Å². The number of amides is 3. The Labute approximate surface area is 291 Å². The van der Waals surface area contributed by atoms with Crippen molar-refractivity contribution in [3.63, 3.8) is 0 Å². The van der Waals surface area contributed by atoms with E-state index in [0.717, 1.165) is 37.5 Å². The van der Waals surface area contributed by atoms with Crippen molar-refractivity contribution in [2.45, 2.75) is 121 Å². The fourth-order valence-electron chi connectivity index (χ4n) is 7.04. The summed E-state index contributed by atoms with van der Waals surface area (Å²) >= 11 is 0. The smallest absolute Gasteiger partial charge is 0.274 e. The van der Waals surface area contributed by atoms with Gasteiger partial charge < -0.3 is 25.6 Å². The number of aliphatic hydroxyl groups excluding tert-OH is 1. The van der Waals surface area contributed by atoms with Crippen LogP contribution >= 0.6 is 0 Å². The Morgan fingerprint density at radius 1 is 1.04 bits per heavy atom. The number of piperidine rings is 1. The molecule has 0 bridgehead atoms. The quantitative estimate of drug-likeness (QED) is 0.245. The van der Waals surface area contributed by atoms with Crippen LogP contribution < -0.4 is 16.0 Å². The lowest BCUT2D eigenvalue weighted by molar-refractivity contribution is -0.133. The Morgan fingerprint density at radius 2 is 1.69 bits per heavy atom. The Morgan fingerprint density at radius 3 is 2.29 bits per heavy atom. The molecule has 49 heavy (non-hydrogen) atoms. The third kappa shape index (κ3) is 10.1. The second-order valence-electron chi connectivity index (χ2n) is 15.6. The molecule has 1 aliphatic carbocycles. The molecule has 6 atom stereocenters. The maximum Gasteiger partial charge on any atom is 0.274 e. The molecular weight excluding hydrogens is 646 g/mol. The van der Waals surface area contributed by atoms with Gasteiger partial charge in [-0.2, -0.15) is 0 Å². The van der Waals surface area contributed by atoms with Gasteiger partial charge in [-0.3, -0.25) is 19.3 Å². The van der Waals surface area contributed by atoms with Crippen molar-refractivity contribution in [3.8, 4) is 0 Å². The highest BCUT2D eigenvalue weighted by Crippen LogP contribution is 2.39. The van der Waals surface area contributed by atoms with Gasteiger partial charge in [0.2, 0.25) is 11.8 Å². The number of hydrogen-bond donors (Lipinski definition) is 4. The van der Waals surface area contributed by atoms with Gasteiger partial charge in [0.1, 0.15) is 11.8 Å². The van der Waals surface area contributed by atoms with Crippen molar-refractivity contribution in [1.82, 2.24) is 26.0 Å². The average Bonchev–Trinajstić information content (AvgIpc) is 3.46. The Balaban J connectivity index is 1.61. The number of fused-ring (bicyclic) bond motifs is 1. The summed E-state index contributed by atoms with van der Waals surface area (Å²) in [5, 5.41) is 24.2. The molecule has 1 aliphatic heterocycles. The molecule has 0 spiro atoms. The highest BCUT2D eigenvalue weighted by atomic mass is 32.2. The van der Waals surface area contributed by atoms with E-state index < -0.39 is 56.2 Å². The minimum absolute atomic E-state index is 0.0747. The number of likely N-dealkylation sites (tertiary alicyclic amines) is 1. The van der Waals surface area contributed by atoms with Crippen LogP contribution in [0, 0.1) is 18.8 Å². The number of benzene rings is 1. The number of sulfone groups is 1. The van der Waals surface area contributed by atoms with Crippen LogP contribution in [-0.4, -0.2) is 95.2 Å². The molecule has 0 radical (unpaired) electrons. The van der Waals surface area contributed by atoms with Gasteiger partial charge in [0, 0.05) is 31.0 Å². The molecule has 4 rings (SSSR count). The van der Waals surface area contributed by atoms with Crippen LogP contribution in [0.15, 0.2) is 40.9 Å². The van der Waals surface area contributed by atoms with E-state index >= 15 is 0 Å². The molecule has 2 heterocycles. The summed E-state index contributed by atoms with van der Waals surface area (Å²) in [6.45, 7) is 11.0. The molecule has 12 nitrogen and oxygen atoms in total. The van der Waals surface area contributed by atoms with E-state index in [2.05, 4.69) is 26.0 Å². The Kier molecular flexibility index (Phi) is 12.4. The van der Waals surface area contributed by atoms with Gasteiger partial charge in [-0.1, -0.05) is 54.8 Å². The van der Waals surface area contributed by atoms with Crippen LogP contribution in [0.5, 0.6) is 0 Å². The summed E-state index contributed by atoms with van der Waals surface area (Å²) in [6.07, 6.45) is 5.93. The van der Waals surface area contributed by atoms with E-state index in [4.69, 9.17) is 4.52 Å². The first-order chi connectivity index (χ1) is 22.9. The van der Waals surface area contributed by atoms with Crippen LogP contribution in [0.1, 0.15) is 95.0 Å². The number of β-amino-alcohol motifs (C(OH)–C–C–N with tert-alkyl or cyclic N) is 1. The molecule has 3 amide bonds. The van der Waals surface area contributed by atoms with E-state index in [1.807, 2.05) is 51.1 Å². The monoisotopic (exact) mass is 701 g/mol. The summed E-state index contributed by atoms with van der Waals surface area (Å²) in [6, 6.07) is 8.27. The first kappa shape index (κ1) is 38.5. The Hall–Kier alpha value is -3.29. The maximum atomic E-state index is 14.1. The van der Waals surface area contributed by atoms with Crippen molar-refractivity contribution < 1.29 is 32.4 Å². The zero-order valence-corrected chi connectivity index (χ0v) is 30.8. The fraction of sp³-hybridized carbons (Fsp3) is 0.667. The number of hydrogen-bond acceptors (Lipinski definition) is 9. The van der Waals surface area contributed by atoms with Crippen LogP contribution in [0.3, 0.4) is 0 Å². The van der Waals surface area contributed by atoms with Gasteiger partial charge in [0.15, 0.2) is 15.5 Å². The maximum absolute atomic E-state index is 14.1. The summed E-state index contributed by atoms with van der Waals surface area (Å²) in [4.78, 5) is 43.0. The number of aromatic nitrogens is 1. The highest BCUT2D eigenvalue weighted by Gasteiger charge is 2.46. The summed E-state index contributed by atoms with van der Waals surface area (Å²) < 4.78 is 29.2. The van der Waals surface area contributed by atoms with Gasteiger partial charge in [0.05, 0.1) is 22.9 Å². The number of carbonyl (C=O) groups excluding carboxylic acids is 3. The molecular formula is C36H55N5O7S. The summed E-state index contributed by atoms with van der Waals surface area (Å²) in [7, 11) is -3.88. The first-order valence-corrected chi connectivity index (χ1v) is 19.3. The number of aryl methyl sites for hydroxylation is 2. The number of nitrogens with zero attached hydrogens (tertiary/aromatic N) is 2. The number of rotatable bonds is 13. The topological polar surface area (TPSA) is 171 Å². The second-order valence-corrected chi connectivity index (χ2v) is 18.2. The zero-order valence-electron chi connectivity index (χ0n) is 30.0. The second kappa shape index (κ2) is 15.7. The molecule has 4 N–H and O–H groups in total. The lowest BCUT2D eigenvalue weighted by atomic mass is 9.72. The first-order valence-electron chi connectivity index (χ1n) is 17.4. The molecule has 1 aromatic heterocycles. The molecule has 1 saturated heterocycles. The molecule has 2 aromatic rings. The largest absolute Gasteiger partial charge is 0.390 e. The average molecular weight is 702 g/mol. The van der Waals surface area contributed by atoms with E-state index in [1.165, 1.54) is 19.9 Å². The minimum atomic E-state index is -3.88. The van der Waals surface area contributed by atoms with Gasteiger partial charge >= 0.3 is 0 Å². The number of nitrogens with one attached hydrogen (secondary N) is 3. The number of carbonyl (C=O) groups is 3. The van der Waals surface area contributed by atoms with Crippen molar-refractivity contribution in [2.24, 2.45) is 11.8 Å².